The van der Waals surface area contributed by atoms with Crippen molar-refractivity contribution >= 4 is 44.2 Å². The molecule has 0 spiro atoms. The molecule has 36 heavy (non-hydrogen) atoms. The molecule has 0 aliphatic carbocycles. The van der Waals surface area contributed by atoms with Crippen LogP contribution in [0.4, 0.5) is 0 Å². The van der Waals surface area contributed by atoms with Gasteiger partial charge in [0.15, 0.2) is 0 Å². The van der Waals surface area contributed by atoms with E-state index in [4.69, 9.17) is 11.6 Å². The van der Waals surface area contributed by atoms with Gasteiger partial charge in [0.2, 0.25) is 0 Å². The molecule has 0 atom stereocenters. The van der Waals surface area contributed by atoms with Crippen LogP contribution >= 0.6 is 11.6 Å². The molecule has 2 heteroatoms. The SMILES string of the molecule is Clc1ccc(-c2cc(-c3ccccc3)ccc2-n2c3ccccc3c3c4ccccc4ccc32)cc1. The predicted molar refractivity (Wildman–Crippen MR) is 154 cm³/mol. The Kier molecular flexibility index (Phi) is 4.90. The molecule has 7 aromatic rings. The smallest absolute Gasteiger partial charge is 0.0547 e. The van der Waals surface area contributed by atoms with Crippen LogP contribution in [0.3, 0.4) is 0 Å². The van der Waals surface area contributed by atoms with Crippen LogP contribution in [0.15, 0.2) is 133 Å². The number of fused-ring (bicyclic) bond motifs is 5. The normalized spacial score (nSPS) is 11.5. The summed E-state index contributed by atoms with van der Waals surface area (Å²) in [5.41, 5.74) is 8.26. The summed E-state index contributed by atoms with van der Waals surface area (Å²) in [6.45, 7) is 0. The van der Waals surface area contributed by atoms with Gasteiger partial charge < -0.3 is 4.57 Å². The molecule has 1 nitrogen and oxygen atoms in total. The highest BCUT2D eigenvalue weighted by Gasteiger charge is 2.18. The first-order chi connectivity index (χ1) is 17.8. The van der Waals surface area contributed by atoms with Crippen LogP contribution in [0.1, 0.15) is 0 Å². The lowest BCUT2D eigenvalue weighted by Crippen LogP contribution is -1.98. The third kappa shape index (κ3) is 3.32. The average molecular weight is 480 g/mol. The minimum absolute atomic E-state index is 0.739. The van der Waals surface area contributed by atoms with E-state index < -0.39 is 0 Å². The second-order valence-electron chi connectivity index (χ2n) is 9.14. The van der Waals surface area contributed by atoms with Crippen molar-refractivity contribution in [3.05, 3.63) is 138 Å². The molecule has 1 heterocycles. The predicted octanol–water partition coefficient (Wildman–Crippen LogP) is 9.92. The summed E-state index contributed by atoms with van der Waals surface area (Å²) in [5.74, 6) is 0. The minimum atomic E-state index is 0.739. The molecule has 0 amide bonds. The fourth-order valence-electron chi connectivity index (χ4n) is 5.40. The van der Waals surface area contributed by atoms with Gasteiger partial charge in [0.1, 0.15) is 0 Å². The number of benzene rings is 6. The second-order valence-corrected chi connectivity index (χ2v) is 9.57. The Labute approximate surface area is 214 Å². The maximum absolute atomic E-state index is 6.27. The number of rotatable bonds is 3. The van der Waals surface area contributed by atoms with Crippen LogP contribution in [-0.4, -0.2) is 4.57 Å². The van der Waals surface area contributed by atoms with Gasteiger partial charge in [-0.1, -0.05) is 109 Å². The van der Waals surface area contributed by atoms with E-state index in [0.717, 1.165) is 16.3 Å². The highest BCUT2D eigenvalue weighted by Crippen LogP contribution is 2.40. The average Bonchev–Trinajstić information content (AvgIpc) is 3.28. The fraction of sp³-hybridized carbons (Fsp3) is 0. The van der Waals surface area contributed by atoms with Gasteiger partial charge in [0.25, 0.3) is 0 Å². The van der Waals surface area contributed by atoms with E-state index in [1.165, 1.54) is 49.3 Å². The highest BCUT2D eigenvalue weighted by atomic mass is 35.5. The summed E-state index contributed by atoms with van der Waals surface area (Å²) in [6, 6.07) is 47.3. The summed E-state index contributed by atoms with van der Waals surface area (Å²) in [7, 11) is 0. The monoisotopic (exact) mass is 479 g/mol. The quantitative estimate of drug-likeness (QED) is 0.237. The van der Waals surface area contributed by atoms with Crippen LogP contribution < -0.4 is 0 Å². The molecule has 6 aromatic carbocycles. The van der Waals surface area contributed by atoms with E-state index in [9.17, 15) is 0 Å². The lowest BCUT2D eigenvalue weighted by molar-refractivity contribution is 1.18. The summed E-state index contributed by atoms with van der Waals surface area (Å²) < 4.78 is 2.41. The fourth-order valence-corrected chi connectivity index (χ4v) is 5.53. The third-order valence-corrected chi connectivity index (χ3v) is 7.31. The first-order valence-corrected chi connectivity index (χ1v) is 12.5. The van der Waals surface area contributed by atoms with Gasteiger partial charge in [-0.3, -0.25) is 0 Å². The first kappa shape index (κ1) is 21.0. The molecular formula is C34H22ClN. The minimum Gasteiger partial charge on any atom is -0.309 e. The molecule has 0 saturated carbocycles. The zero-order chi connectivity index (χ0) is 24.1. The van der Waals surface area contributed by atoms with Crippen molar-refractivity contribution in [2.24, 2.45) is 0 Å². The van der Waals surface area contributed by atoms with Gasteiger partial charge >= 0.3 is 0 Å². The number of nitrogens with zero attached hydrogens (tertiary/aromatic N) is 1. The Balaban J connectivity index is 1.59. The number of aromatic nitrogens is 1. The lowest BCUT2D eigenvalue weighted by Gasteiger charge is -2.16. The Morgan fingerprint density at radius 1 is 0.472 bits per heavy atom. The zero-order valence-corrected chi connectivity index (χ0v) is 20.3. The first-order valence-electron chi connectivity index (χ1n) is 12.1. The molecule has 0 aliphatic heterocycles. The molecule has 0 aliphatic rings. The van der Waals surface area contributed by atoms with Crippen molar-refractivity contribution in [3.63, 3.8) is 0 Å². The molecule has 0 N–H and O–H groups in total. The number of para-hydroxylation sites is 1. The van der Waals surface area contributed by atoms with Crippen molar-refractivity contribution < 1.29 is 0 Å². The van der Waals surface area contributed by atoms with Gasteiger partial charge in [-0.2, -0.15) is 0 Å². The van der Waals surface area contributed by atoms with Gasteiger partial charge in [-0.25, -0.2) is 0 Å². The van der Waals surface area contributed by atoms with Crippen LogP contribution in [0.25, 0.3) is 60.5 Å². The topological polar surface area (TPSA) is 4.93 Å². The van der Waals surface area contributed by atoms with E-state index in [1.54, 1.807) is 0 Å². The number of halogens is 1. The second kappa shape index (κ2) is 8.41. The Morgan fingerprint density at radius 3 is 2.00 bits per heavy atom. The van der Waals surface area contributed by atoms with Gasteiger partial charge in [-0.05, 0) is 63.9 Å². The largest absolute Gasteiger partial charge is 0.309 e. The molecule has 1 aromatic heterocycles. The molecule has 0 bridgehead atoms. The van der Waals surface area contributed by atoms with E-state index in [2.05, 4.69) is 126 Å². The van der Waals surface area contributed by atoms with Crippen molar-refractivity contribution in [3.8, 4) is 27.9 Å². The summed E-state index contributed by atoms with van der Waals surface area (Å²) >= 11 is 6.27. The van der Waals surface area contributed by atoms with E-state index in [-0.39, 0.29) is 0 Å². The van der Waals surface area contributed by atoms with Gasteiger partial charge in [-0.15, -0.1) is 0 Å². The molecular weight excluding hydrogens is 458 g/mol. The van der Waals surface area contributed by atoms with Crippen molar-refractivity contribution in [1.82, 2.24) is 4.57 Å². The Hall–Kier alpha value is -4.33. The summed E-state index contributed by atoms with van der Waals surface area (Å²) in [4.78, 5) is 0. The maximum atomic E-state index is 6.27. The van der Waals surface area contributed by atoms with Crippen LogP contribution in [0.2, 0.25) is 5.02 Å². The highest BCUT2D eigenvalue weighted by molar-refractivity contribution is 6.30. The van der Waals surface area contributed by atoms with Crippen molar-refractivity contribution in [2.75, 3.05) is 0 Å². The molecule has 7 rings (SSSR count). The van der Waals surface area contributed by atoms with Gasteiger partial charge in [0.05, 0.1) is 16.7 Å². The maximum Gasteiger partial charge on any atom is 0.0547 e. The van der Waals surface area contributed by atoms with Gasteiger partial charge in [0, 0.05) is 21.4 Å². The Bertz CT molecular complexity index is 1880. The molecule has 0 unspecified atom stereocenters. The summed E-state index contributed by atoms with van der Waals surface area (Å²) in [6.07, 6.45) is 0. The van der Waals surface area contributed by atoms with Crippen LogP contribution in [0, 0.1) is 0 Å². The lowest BCUT2D eigenvalue weighted by atomic mass is 9.97. The molecule has 0 saturated heterocycles. The standard InChI is InChI=1S/C34H22ClN/c35-27-18-14-25(15-19-27)30-22-26(23-8-2-1-3-9-23)17-20-32(30)36-31-13-7-6-12-29(31)34-28-11-5-4-10-24(28)16-21-33(34)36/h1-22H. The third-order valence-electron chi connectivity index (χ3n) is 7.06. The number of hydrogen-bond donors (Lipinski definition) is 0. The van der Waals surface area contributed by atoms with Crippen LogP contribution in [-0.2, 0) is 0 Å². The molecule has 0 fully saturated rings. The zero-order valence-electron chi connectivity index (χ0n) is 19.5. The van der Waals surface area contributed by atoms with E-state index in [1.807, 2.05) is 12.1 Å². The van der Waals surface area contributed by atoms with Crippen LogP contribution in [0.5, 0.6) is 0 Å². The molecule has 0 radical (unpaired) electrons. The summed E-state index contributed by atoms with van der Waals surface area (Å²) in [5, 5.41) is 5.82. The van der Waals surface area contributed by atoms with Crippen molar-refractivity contribution in [1.29, 1.82) is 0 Å². The Morgan fingerprint density at radius 2 is 1.17 bits per heavy atom. The van der Waals surface area contributed by atoms with Crippen molar-refractivity contribution in [2.45, 2.75) is 0 Å². The van der Waals surface area contributed by atoms with E-state index in [0.29, 0.717) is 0 Å². The molecule has 170 valence electrons. The number of hydrogen-bond acceptors (Lipinski definition) is 0. The van der Waals surface area contributed by atoms with E-state index >= 15 is 0 Å².